The molecule has 13 heavy (non-hydrogen) atoms. The molecule has 1 aliphatic rings. The molecule has 1 aliphatic heterocycles. The van der Waals surface area contributed by atoms with Gasteiger partial charge in [-0.05, 0) is 13.3 Å². The molecule has 2 rings (SSSR count). The summed E-state index contributed by atoms with van der Waals surface area (Å²) in [6.07, 6.45) is 0.770. The lowest BCUT2D eigenvalue weighted by Crippen LogP contribution is -2.29. The van der Waals surface area contributed by atoms with E-state index >= 15 is 0 Å². The van der Waals surface area contributed by atoms with Crippen LogP contribution < -0.4 is 10.6 Å². The molecule has 0 amide bonds. The maximum atomic E-state index is 9.72. The van der Waals surface area contributed by atoms with Gasteiger partial charge >= 0.3 is 0 Å². The average molecular weight is 200 g/mol. The number of β-amino-alcohol motifs (C(OH)–C–C–N with tert-alkyl or cyclic N) is 1. The lowest BCUT2D eigenvalue weighted by molar-refractivity contribution is 0.0839. The molecule has 1 aromatic rings. The summed E-state index contributed by atoms with van der Waals surface area (Å²) in [4.78, 5) is 6.07. The maximum absolute atomic E-state index is 9.72. The van der Waals surface area contributed by atoms with Crippen molar-refractivity contribution in [2.45, 2.75) is 18.9 Å². The molecule has 3 N–H and O–H groups in total. The summed E-state index contributed by atoms with van der Waals surface area (Å²) in [6, 6.07) is 0. The number of hydrogen-bond donors (Lipinski definition) is 2. The summed E-state index contributed by atoms with van der Waals surface area (Å²) in [5, 5.41) is 10.5. The highest BCUT2D eigenvalue weighted by Crippen LogP contribution is 2.27. The third kappa shape index (κ3) is 1.73. The van der Waals surface area contributed by atoms with Crippen molar-refractivity contribution in [2.24, 2.45) is 0 Å². The van der Waals surface area contributed by atoms with Gasteiger partial charge in [0.1, 0.15) is 0 Å². The molecule has 0 spiro atoms. The molecule has 0 radical (unpaired) electrons. The second-order valence-electron chi connectivity index (χ2n) is 3.60. The van der Waals surface area contributed by atoms with Gasteiger partial charge in [-0.15, -0.1) is 0 Å². The standard InChI is InChI=1S/C7H12N4OS/c1-7(12)2-3-11(4-7)6-9-5(8)10-13-6/h12H,2-4H2,1H3,(H2,8,10). The second-order valence-corrected chi connectivity index (χ2v) is 4.33. The van der Waals surface area contributed by atoms with Gasteiger partial charge in [0.2, 0.25) is 11.1 Å². The zero-order valence-corrected chi connectivity index (χ0v) is 8.21. The molecule has 6 heteroatoms. The lowest BCUT2D eigenvalue weighted by Gasteiger charge is -2.17. The largest absolute Gasteiger partial charge is 0.388 e. The second kappa shape index (κ2) is 2.81. The number of nitrogen functional groups attached to an aromatic ring is 1. The Bertz CT molecular complexity index is 311. The number of nitrogens with two attached hydrogens (primary N) is 1. The van der Waals surface area contributed by atoms with Crippen LogP contribution in [0.5, 0.6) is 0 Å². The van der Waals surface area contributed by atoms with Crippen LogP contribution in [0.15, 0.2) is 0 Å². The van der Waals surface area contributed by atoms with Crippen LogP contribution >= 0.6 is 11.5 Å². The average Bonchev–Trinajstić information content (AvgIpc) is 2.56. The van der Waals surface area contributed by atoms with Crippen molar-refractivity contribution < 1.29 is 5.11 Å². The Morgan fingerprint density at radius 3 is 2.92 bits per heavy atom. The van der Waals surface area contributed by atoms with Crippen molar-refractivity contribution in [2.75, 3.05) is 23.7 Å². The third-order valence-corrected chi connectivity index (χ3v) is 2.94. The number of aromatic nitrogens is 2. The fraction of sp³-hybridized carbons (Fsp3) is 0.714. The Morgan fingerprint density at radius 2 is 2.46 bits per heavy atom. The number of nitrogens with zero attached hydrogens (tertiary/aromatic N) is 3. The van der Waals surface area contributed by atoms with Gasteiger partial charge in [0.25, 0.3) is 0 Å². The molecule has 1 saturated heterocycles. The molecular weight excluding hydrogens is 188 g/mol. The number of anilines is 2. The molecule has 1 atom stereocenters. The van der Waals surface area contributed by atoms with E-state index < -0.39 is 5.60 Å². The highest BCUT2D eigenvalue weighted by atomic mass is 32.1. The predicted molar refractivity (Wildman–Crippen MR) is 51.8 cm³/mol. The molecule has 1 aromatic heterocycles. The first-order valence-electron chi connectivity index (χ1n) is 4.13. The molecule has 0 saturated carbocycles. The summed E-state index contributed by atoms with van der Waals surface area (Å²) in [5.74, 6) is 0.312. The maximum Gasteiger partial charge on any atom is 0.233 e. The van der Waals surface area contributed by atoms with Crippen molar-refractivity contribution in [1.29, 1.82) is 0 Å². The van der Waals surface area contributed by atoms with E-state index in [0.717, 1.165) is 18.1 Å². The summed E-state index contributed by atoms with van der Waals surface area (Å²) in [7, 11) is 0. The van der Waals surface area contributed by atoms with E-state index in [1.54, 1.807) is 0 Å². The van der Waals surface area contributed by atoms with Crippen LogP contribution in [0.3, 0.4) is 0 Å². The fourth-order valence-electron chi connectivity index (χ4n) is 1.46. The van der Waals surface area contributed by atoms with Crippen LogP contribution in [0.1, 0.15) is 13.3 Å². The van der Waals surface area contributed by atoms with Crippen LogP contribution in [0, 0.1) is 0 Å². The monoisotopic (exact) mass is 200 g/mol. The van der Waals surface area contributed by atoms with Gasteiger partial charge < -0.3 is 15.7 Å². The SMILES string of the molecule is CC1(O)CCN(c2nc(N)ns2)C1. The fourth-order valence-corrected chi connectivity index (χ4v) is 2.08. The van der Waals surface area contributed by atoms with E-state index in [1.807, 2.05) is 11.8 Å². The van der Waals surface area contributed by atoms with Gasteiger partial charge in [0.15, 0.2) is 0 Å². The molecule has 1 fully saturated rings. The van der Waals surface area contributed by atoms with Crippen molar-refractivity contribution in [1.82, 2.24) is 9.36 Å². The molecule has 2 heterocycles. The first-order valence-corrected chi connectivity index (χ1v) is 4.91. The van der Waals surface area contributed by atoms with Gasteiger partial charge in [-0.25, -0.2) is 0 Å². The van der Waals surface area contributed by atoms with E-state index in [0.29, 0.717) is 12.5 Å². The van der Waals surface area contributed by atoms with Gasteiger partial charge in [0, 0.05) is 24.6 Å². The topological polar surface area (TPSA) is 75.3 Å². The molecule has 0 bridgehead atoms. The van der Waals surface area contributed by atoms with Crippen LogP contribution in [-0.2, 0) is 0 Å². The number of rotatable bonds is 1. The number of hydrogen-bond acceptors (Lipinski definition) is 6. The highest BCUT2D eigenvalue weighted by Gasteiger charge is 2.32. The molecule has 72 valence electrons. The molecular formula is C7H12N4OS. The van der Waals surface area contributed by atoms with Crippen LogP contribution in [0.4, 0.5) is 11.1 Å². The third-order valence-electron chi connectivity index (χ3n) is 2.15. The first-order chi connectivity index (χ1) is 6.07. The summed E-state index contributed by atoms with van der Waals surface area (Å²) in [6.45, 7) is 3.26. The Morgan fingerprint density at radius 1 is 1.69 bits per heavy atom. The molecule has 1 unspecified atom stereocenters. The minimum atomic E-state index is -0.597. The van der Waals surface area contributed by atoms with E-state index in [-0.39, 0.29) is 0 Å². The quantitative estimate of drug-likeness (QED) is 0.671. The Hall–Kier alpha value is -0.880. The minimum absolute atomic E-state index is 0.312. The lowest BCUT2D eigenvalue weighted by atomic mass is 10.1. The van der Waals surface area contributed by atoms with Crippen molar-refractivity contribution in [3.8, 4) is 0 Å². The molecule has 5 nitrogen and oxygen atoms in total. The zero-order valence-electron chi connectivity index (χ0n) is 7.40. The summed E-state index contributed by atoms with van der Waals surface area (Å²) >= 11 is 1.28. The van der Waals surface area contributed by atoms with E-state index in [1.165, 1.54) is 11.5 Å². The van der Waals surface area contributed by atoms with Gasteiger partial charge in [-0.1, -0.05) is 0 Å². The Kier molecular flexibility index (Phi) is 1.88. The van der Waals surface area contributed by atoms with Gasteiger partial charge in [-0.2, -0.15) is 9.36 Å². The van der Waals surface area contributed by atoms with E-state index in [9.17, 15) is 5.11 Å². The van der Waals surface area contributed by atoms with Gasteiger partial charge in [0.05, 0.1) is 5.60 Å². The molecule has 0 aromatic carbocycles. The van der Waals surface area contributed by atoms with Gasteiger partial charge in [-0.3, -0.25) is 0 Å². The number of aliphatic hydroxyl groups is 1. The summed E-state index contributed by atoms with van der Waals surface area (Å²) < 4.78 is 3.89. The minimum Gasteiger partial charge on any atom is -0.388 e. The van der Waals surface area contributed by atoms with Crippen LogP contribution in [0.25, 0.3) is 0 Å². The Balaban J connectivity index is 2.12. The first kappa shape index (κ1) is 8.71. The van der Waals surface area contributed by atoms with Crippen LogP contribution in [-0.4, -0.2) is 33.2 Å². The zero-order chi connectivity index (χ0) is 9.47. The van der Waals surface area contributed by atoms with Crippen molar-refractivity contribution in [3.63, 3.8) is 0 Å². The van der Waals surface area contributed by atoms with Crippen molar-refractivity contribution >= 4 is 22.6 Å². The van der Waals surface area contributed by atoms with Crippen LogP contribution in [0.2, 0.25) is 0 Å². The normalized spacial score (nSPS) is 28.3. The van der Waals surface area contributed by atoms with E-state index in [2.05, 4.69) is 9.36 Å². The predicted octanol–water partition coefficient (Wildman–Crippen LogP) is 0.0814. The van der Waals surface area contributed by atoms with E-state index in [4.69, 9.17) is 5.73 Å². The highest BCUT2D eigenvalue weighted by molar-refractivity contribution is 7.09. The molecule has 0 aliphatic carbocycles. The summed E-state index contributed by atoms with van der Waals surface area (Å²) in [5.41, 5.74) is 4.82. The van der Waals surface area contributed by atoms with Crippen molar-refractivity contribution in [3.05, 3.63) is 0 Å². The smallest absolute Gasteiger partial charge is 0.233 e. The Labute approximate surface area is 80.4 Å².